The Labute approximate surface area is 139 Å². The Bertz CT molecular complexity index is 661. The number of anilines is 1. The second kappa shape index (κ2) is 6.09. The van der Waals surface area contributed by atoms with Gasteiger partial charge in [0.2, 0.25) is 5.91 Å². The fraction of sp³-hybridized carbons (Fsp3) is 0.500. The number of halogens is 2. The van der Waals surface area contributed by atoms with Crippen LogP contribution in [0, 0.1) is 11.7 Å². The highest BCUT2D eigenvalue weighted by Crippen LogP contribution is 2.34. The number of nitrogens with two attached hydrogens (primary N) is 1. The van der Waals surface area contributed by atoms with Gasteiger partial charge < -0.3 is 15.8 Å². The molecule has 5 nitrogen and oxygen atoms in total. The molecule has 124 valence electrons. The zero-order valence-corrected chi connectivity index (χ0v) is 13.6. The Morgan fingerprint density at radius 3 is 2.91 bits per heavy atom. The van der Waals surface area contributed by atoms with Crippen molar-refractivity contribution in [3.8, 4) is 0 Å². The molecule has 0 unspecified atom stereocenters. The van der Waals surface area contributed by atoms with Crippen molar-refractivity contribution in [2.75, 3.05) is 18.5 Å². The summed E-state index contributed by atoms with van der Waals surface area (Å²) in [5.41, 5.74) is 5.70. The summed E-state index contributed by atoms with van der Waals surface area (Å²) >= 11 is 5.90. The minimum absolute atomic E-state index is 0.0742. The molecule has 0 radical (unpaired) electrons. The van der Waals surface area contributed by atoms with Gasteiger partial charge in [-0.15, -0.1) is 11.6 Å². The molecule has 0 spiro atoms. The molecule has 0 aromatic heterocycles. The number of hydrogen-bond acceptors (Lipinski definition) is 4. The van der Waals surface area contributed by atoms with Gasteiger partial charge in [-0.1, -0.05) is 0 Å². The maximum Gasteiger partial charge on any atom is 0.227 e. The summed E-state index contributed by atoms with van der Waals surface area (Å²) in [5, 5.41) is 2.89. The zero-order valence-electron chi connectivity index (χ0n) is 12.8. The molecule has 3 rings (SSSR count). The van der Waals surface area contributed by atoms with Gasteiger partial charge in [0.25, 0.3) is 0 Å². The number of nitrogens with zero attached hydrogens (tertiary/aromatic N) is 1. The van der Waals surface area contributed by atoms with E-state index in [9.17, 15) is 9.18 Å². The lowest BCUT2D eigenvalue weighted by Crippen LogP contribution is -2.38. The number of benzene rings is 1. The molecule has 3 N–H and O–H groups in total. The van der Waals surface area contributed by atoms with Crippen LogP contribution < -0.4 is 11.1 Å². The number of aliphatic imine (C=N–C) groups is 1. The summed E-state index contributed by atoms with van der Waals surface area (Å²) in [4.78, 5) is 16.4. The average Bonchev–Trinajstić information content (AvgIpc) is 2.45. The molecule has 0 bridgehead atoms. The number of hydrogen-bond donors (Lipinski definition) is 2. The quantitative estimate of drug-likeness (QED) is 0.830. The largest absolute Gasteiger partial charge is 0.386 e. The van der Waals surface area contributed by atoms with Gasteiger partial charge in [-0.2, -0.15) is 0 Å². The van der Waals surface area contributed by atoms with Crippen LogP contribution in [0.5, 0.6) is 0 Å². The van der Waals surface area contributed by atoms with Gasteiger partial charge >= 0.3 is 0 Å². The second-order valence-electron chi connectivity index (χ2n) is 6.32. The third-order valence-corrected chi connectivity index (χ3v) is 4.65. The molecule has 1 aromatic carbocycles. The molecule has 1 fully saturated rings. The minimum atomic E-state index is -0.898. The number of carbonyl (C=O) groups excluding carboxylic acids is 1. The van der Waals surface area contributed by atoms with Gasteiger partial charge in [-0.05, 0) is 38.0 Å². The Hall–Kier alpha value is -1.66. The lowest BCUT2D eigenvalue weighted by atomic mass is 9.84. The first-order valence-electron chi connectivity index (χ1n) is 7.54. The molecule has 7 heteroatoms. The van der Waals surface area contributed by atoms with E-state index in [4.69, 9.17) is 22.1 Å². The molecule has 1 aliphatic heterocycles. The van der Waals surface area contributed by atoms with Crippen molar-refractivity contribution >= 4 is 29.0 Å². The van der Waals surface area contributed by atoms with Crippen molar-refractivity contribution in [3.05, 3.63) is 29.6 Å². The number of amidine groups is 1. The van der Waals surface area contributed by atoms with Crippen LogP contribution in [0.3, 0.4) is 0 Å². The van der Waals surface area contributed by atoms with Crippen LogP contribution in [-0.2, 0) is 15.1 Å². The zero-order chi connectivity index (χ0) is 16.6. The first-order valence-corrected chi connectivity index (χ1v) is 7.98. The molecule has 23 heavy (non-hydrogen) atoms. The van der Waals surface area contributed by atoms with E-state index in [1.807, 2.05) is 0 Å². The van der Waals surface area contributed by atoms with E-state index in [1.54, 1.807) is 13.0 Å². The summed E-state index contributed by atoms with van der Waals surface area (Å²) in [6, 6.07) is 4.45. The van der Waals surface area contributed by atoms with Gasteiger partial charge in [-0.25, -0.2) is 4.39 Å². The number of carbonyl (C=O) groups is 1. The van der Waals surface area contributed by atoms with Gasteiger partial charge in [0.05, 0.1) is 6.61 Å². The van der Waals surface area contributed by atoms with Crippen LogP contribution in [0.2, 0.25) is 0 Å². The number of ether oxygens (including phenoxy) is 1. The fourth-order valence-electron chi connectivity index (χ4n) is 2.90. The number of nitrogens with one attached hydrogen (secondary N) is 1. The summed E-state index contributed by atoms with van der Waals surface area (Å²) in [6.07, 6.45) is 1.35. The Kier molecular flexibility index (Phi) is 4.29. The Morgan fingerprint density at radius 2 is 2.26 bits per heavy atom. The van der Waals surface area contributed by atoms with Crippen molar-refractivity contribution in [2.45, 2.75) is 30.7 Å². The lowest BCUT2D eigenvalue weighted by Gasteiger charge is -2.31. The van der Waals surface area contributed by atoms with E-state index < -0.39 is 11.4 Å². The normalized spacial score (nSPS) is 30.3. The molecule has 1 aliphatic carbocycles. The van der Waals surface area contributed by atoms with E-state index in [0.717, 1.165) is 0 Å². The highest BCUT2D eigenvalue weighted by atomic mass is 35.5. The predicted octanol–water partition coefficient (Wildman–Crippen LogP) is 2.38. The molecule has 1 amide bonds. The average molecular weight is 340 g/mol. The van der Waals surface area contributed by atoms with E-state index in [-0.39, 0.29) is 30.4 Å². The van der Waals surface area contributed by atoms with Crippen molar-refractivity contribution < 1.29 is 13.9 Å². The van der Waals surface area contributed by atoms with Gasteiger partial charge in [0.15, 0.2) is 0 Å². The smallest absolute Gasteiger partial charge is 0.227 e. The predicted molar refractivity (Wildman–Crippen MR) is 87.2 cm³/mol. The Balaban J connectivity index is 1.82. The van der Waals surface area contributed by atoms with E-state index in [0.29, 0.717) is 29.9 Å². The van der Waals surface area contributed by atoms with Crippen molar-refractivity contribution in [1.29, 1.82) is 0 Å². The summed E-state index contributed by atoms with van der Waals surface area (Å²) in [7, 11) is 0. The highest BCUT2D eigenvalue weighted by molar-refractivity contribution is 6.21. The third-order valence-electron chi connectivity index (χ3n) is 4.29. The first kappa shape index (κ1) is 16.2. The van der Waals surface area contributed by atoms with Crippen LogP contribution in [0.4, 0.5) is 10.1 Å². The minimum Gasteiger partial charge on any atom is -0.386 e. The van der Waals surface area contributed by atoms with Crippen LogP contribution in [0.15, 0.2) is 23.2 Å². The molecule has 0 saturated heterocycles. The molecule has 1 aromatic rings. The van der Waals surface area contributed by atoms with E-state index in [1.165, 1.54) is 12.1 Å². The van der Waals surface area contributed by atoms with Crippen molar-refractivity contribution in [3.63, 3.8) is 0 Å². The molecule has 1 saturated carbocycles. The lowest BCUT2D eigenvalue weighted by molar-refractivity contribution is -0.122. The van der Waals surface area contributed by atoms with Gasteiger partial charge in [0, 0.05) is 22.5 Å². The van der Waals surface area contributed by atoms with Crippen LogP contribution in [0.1, 0.15) is 25.3 Å². The topological polar surface area (TPSA) is 76.7 Å². The molecule has 2 aliphatic rings. The molecule has 1 atom stereocenters. The van der Waals surface area contributed by atoms with Gasteiger partial charge in [-0.3, -0.25) is 9.79 Å². The maximum absolute atomic E-state index is 14.3. The summed E-state index contributed by atoms with van der Waals surface area (Å²) < 4.78 is 19.6. The number of alkyl halides is 1. The fourth-order valence-corrected chi connectivity index (χ4v) is 3.33. The molecular weight excluding hydrogens is 321 g/mol. The molecular formula is C16H19ClFN3O2. The highest BCUT2D eigenvalue weighted by Gasteiger charge is 2.35. The number of rotatable bonds is 3. The maximum atomic E-state index is 14.3. The number of amides is 1. The van der Waals surface area contributed by atoms with Crippen molar-refractivity contribution in [2.24, 2.45) is 16.6 Å². The SMILES string of the molecule is C[C@@]1(c2cc(NC(=O)C3CC(Cl)C3)ccc2F)COCC(N)=N1. The van der Waals surface area contributed by atoms with Crippen LogP contribution in [-0.4, -0.2) is 30.3 Å². The summed E-state index contributed by atoms with van der Waals surface area (Å²) in [6.45, 7) is 2.24. The second-order valence-corrected chi connectivity index (χ2v) is 6.94. The van der Waals surface area contributed by atoms with E-state index >= 15 is 0 Å². The first-order chi connectivity index (χ1) is 10.9. The van der Waals surface area contributed by atoms with Crippen molar-refractivity contribution in [1.82, 2.24) is 0 Å². The standard InChI is InChI=1S/C16H19ClFN3O2/c1-16(8-23-7-14(19)21-16)12-6-11(2-3-13(12)18)20-15(22)9-4-10(17)5-9/h2-3,6,9-10H,4-5,7-8H2,1H3,(H2,19,21)(H,20,22)/t9?,10?,16-/m0/s1. The van der Waals surface area contributed by atoms with Crippen LogP contribution in [0.25, 0.3) is 0 Å². The molecule has 1 heterocycles. The summed E-state index contributed by atoms with van der Waals surface area (Å²) in [5.74, 6) is -0.243. The Morgan fingerprint density at radius 1 is 1.52 bits per heavy atom. The monoisotopic (exact) mass is 339 g/mol. The third kappa shape index (κ3) is 3.33. The van der Waals surface area contributed by atoms with Crippen LogP contribution >= 0.6 is 11.6 Å². The van der Waals surface area contributed by atoms with E-state index in [2.05, 4.69) is 10.3 Å². The van der Waals surface area contributed by atoms with Gasteiger partial charge in [0.1, 0.15) is 23.8 Å².